The Hall–Kier alpha value is -1.20. The molecular formula is C13H19NO3S. The molecule has 0 radical (unpaired) electrons. The van der Waals surface area contributed by atoms with Crippen molar-refractivity contribution in [3.63, 3.8) is 0 Å². The van der Waals surface area contributed by atoms with E-state index in [4.69, 9.17) is 0 Å². The molecule has 1 aromatic carbocycles. The lowest BCUT2D eigenvalue weighted by molar-refractivity contribution is 0.0913. The minimum atomic E-state index is -3.43. The summed E-state index contributed by atoms with van der Waals surface area (Å²) in [5.74, 6) is 0.0881. The fraction of sp³-hybridized carbons (Fsp3) is 0.462. The Balaban J connectivity index is 3.00. The number of Topliss-reactive ketones (excluding diaryl/α,β-unsaturated/α-hetero) is 1. The van der Waals surface area contributed by atoms with Crippen molar-refractivity contribution in [2.45, 2.75) is 31.6 Å². The second-order valence-electron chi connectivity index (χ2n) is 4.11. The van der Waals surface area contributed by atoms with Gasteiger partial charge in [-0.15, -0.1) is 0 Å². The summed E-state index contributed by atoms with van der Waals surface area (Å²) in [6, 6.07) is 6.07. The predicted molar refractivity (Wildman–Crippen MR) is 71.1 cm³/mol. The third-order valence-electron chi connectivity index (χ3n) is 3.07. The largest absolute Gasteiger partial charge is 0.294 e. The number of rotatable bonds is 6. The first-order valence-corrected chi connectivity index (χ1v) is 7.52. The second-order valence-corrected chi connectivity index (χ2v) is 6.00. The van der Waals surface area contributed by atoms with Crippen molar-refractivity contribution >= 4 is 15.8 Å². The Morgan fingerprint density at radius 3 is 2.06 bits per heavy atom. The monoisotopic (exact) mass is 269 g/mol. The molecule has 0 fully saturated rings. The van der Waals surface area contributed by atoms with E-state index in [-0.39, 0.29) is 16.6 Å². The van der Waals surface area contributed by atoms with Gasteiger partial charge < -0.3 is 0 Å². The van der Waals surface area contributed by atoms with Crippen LogP contribution in [0.15, 0.2) is 29.2 Å². The van der Waals surface area contributed by atoms with Gasteiger partial charge in [-0.1, -0.05) is 26.0 Å². The van der Waals surface area contributed by atoms with E-state index >= 15 is 0 Å². The number of nitrogens with one attached hydrogen (secondary N) is 1. The van der Waals surface area contributed by atoms with E-state index in [1.54, 1.807) is 12.1 Å². The Labute approximate surface area is 108 Å². The smallest absolute Gasteiger partial charge is 0.240 e. The molecule has 0 aliphatic carbocycles. The van der Waals surface area contributed by atoms with Gasteiger partial charge in [-0.2, -0.15) is 0 Å². The number of hydrogen-bond donors (Lipinski definition) is 1. The molecule has 0 saturated carbocycles. The molecule has 5 heteroatoms. The van der Waals surface area contributed by atoms with Gasteiger partial charge in [0, 0.05) is 11.5 Å². The maximum Gasteiger partial charge on any atom is 0.240 e. The zero-order valence-corrected chi connectivity index (χ0v) is 11.8. The van der Waals surface area contributed by atoms with Crippen LogP contribution in [0.3, 0.4) is 0 Å². The van der Waals surface area contributed by atoms with Crippen LogP contribution in [-0.4, -0.2) is 21.2 Å². The van der Waals surface area contributed by atoms with Crippen molar-refractivity contribution in [2.75, 3.05) is 7.05 Å². The van der Waals surface area contributed by atoms with Crippen molar-refractivity contribution < 1.29 is 13.2 Å². The highest BCUT2D eigenvalue weighted by Crippen LogP contribution is 2.17. The van der Waals surface area contributed by atoms with E-state index in [9.17, 15) is 13.2 Å². The fourth-order valence-electron chi connectivity index (χ4n) is 1.81. The second kappa shape index (κ2) is 6.11. The molecule has 0 saturated heterocycles. The van der Waals surface area contributed by atoms with E-state index in [1.807, 2.05) is 13.8 Å². The Bertz CT molecular complexity index is 502. The molecule has 0 spiro atoms. The third kappa shape index (κ3) is 3.17. The van der Waals surface area contributed by atoms with Crippen LogP contribution in [0.4, 0.5) is 0 Å². The lowest BCUT2D eigenvalue weighted by Crippen LogP contribution is -2.19. The molecule has 4 nitrogen and oxygen atoms in total. The number of carbonyl (C=O) groups is 1. The van der Waals surface area contributed by atoms with Crippen LogP contribution >= 0.6 is 0 Å². The van der Waals surface area contributed by atoms with E-state index in [2.05, 4.69) is 4.72 Å². The van der Waals surface area contributed by atoms with Gasteiger partial charge in [0.05, 0.1) is 4.90 Å². The number of carbonyl (C=O) groups excluding carboxylic acids is 1. The summed E-state index contributed by atoms with van der Waals surface area (Å²) < 4.78 is 25.3. The first-order valence-electron chi connectivity index (χ1n) is 6.04. The van der Waals surface area contributed by atoms with E-state index < -0.39 is 10.0 Å². The van der Waals surface area contributed by atoms with Crippen molar-refractivity contribution in [3.8, 4) is 0 Å². The van der Waals surface area contributed by atoms with Crippen LogP contribution < -0.4 is 4.72 Å². The quantitative estimate of drug-likeness (QED) is 0.805. The van der Waals surface area contributed by atoms with Crippen LogP contribution in [0.5, 0.6) is 0 Å². The van der Waals surface area contributed by atoms with E-state index in [1.165, 1.54) is 19.2 Å². The third-order valence-corrected chi connectivity index (χ3v) is 4.50. The minimum Gasteiger partial charge on any atom is -0.294 e. The molecule has 0 aliphatic heterocycles. The Kier molecular flexibility index (Phi) is 5.04. The molecule has 0 atom stereocenters. The van der Waals surface area contributed by atoms with Crippen LogP contribution in [0.2, 0.25) is 0 Å². The lowest BCUT2D eigenvalue weighted by atomic mass is 9.93. The van der Waals surface area contributed by atoms with Crippen molar-refractivity contribution in [1.82, 2.24) is 4.72 Å². The van der Waals surface area contributed by atoms with Crippen molar-refractivity contribution in [1.29, 1.82) is 0 Å². The van der Waals surface area contributed by atoms with Gasteiger partial charge in [0.25, 0.3) is 0 Å². The maximum absolute atomic E-state index is 12.1. The minimum absolute atomic E-state index is 0.0109. The molecule has 1 aromatic rings. The highest BCUT2D eigenvalue weighted by Gasteiger charge is 2.17. The summed E-state index contributed by atoms with van der Waals surface area (Å²) in [6.07, 6.45) is 1.60. The molecule has 18 heavy (non-hydrogen) atoms. The molecule has 0 amide bonds. The fourth-order valence-corrected chi connectivity index (χ4v) is 2.54. The van der Waals surface area contributed by atoms with Gasteiger partial charge in [-0.3, -0.25) is 4.79 Å². The first-order chi connectivity index (χ1) is 8.46. The SMILES string of the molecule is CCC(CC)C(=O)c1ccc(S(=O)(=O)NC)cc1. The Morgan fingerprint density at radius 2 is 1.67 bits per heavy atom. The predicted octanol–water partition coefficient (Wildman–Crippen LogP) is 2.21. The summed E-state index contributed by atoms with van der Waals surface area (Å²) in [4.78, 5) is 12.2. The van der Waals surface area contributed by atoms with Crippen LogP contribution in [-0.2, 0) is 10.0 Å². The molecule has 0 heterocycles. The van der Waals surface area contributed by atoms with Crippen LogP contribution in [0, 0.1) is 5.92 Å². The molecule has 100 valence electrons. The lowest BCUT2D eigenvalue weighted by Gasteiger charge is -2.11. The number of benzene rings is 1. The average molecular weight is 269 g/mol. The highest BCUT2D eigenvalue weighted by atomic mass is 32.2. The molecular weight excluding hydrogens is 250 g/mol. The number of ketones is 1. The van der Waals surface area contributed by atoms with Gasteiger partial charge >= 0.3 is 0 Å². The van der Waals surface area contributed by atoms with E-state index in [0.29, 0.717) is 5.56 Å². The van der Waals surface area contributed by atoms with Crippen LogP contribution in [0.1, 0.15) is 37.0 Å². The van der Waals surface area contributed by atoms with Crippen molar-refractivity contribution in [3.05, 3.63) is 29.8 Å². The normalized spacial score (nSPS) is 11.8. The highest BCUT2D eigenvalue weighted by molar-refractivity contribution is 7.89. The van der Waals surface area contributed by atoms with Gasteiger partial charge in [0.1, 0.15) is 0 Å². The van der Waals surface area contributed by atoms with Crippen molar-refractivity contribution in [2.24, 2.45) is 5.92 Å². The number of hydrogen-bond acceptors (Lipinski definition) is 3. The van der Waals surface area contributed by atoms with Gasteiger partial charge in [0.15, 0.2) is 5.78 Å². The summed E-state index contributed by atoms with van der Waals surface area (Å²) in [7, 11) is -2.07. The molecule has 1 rings (SSSR count). The first kappa shape index (κ1) is 14.9. The summed E-state index contributed by atoms with van der Waals surface area (Å²) in [5.41, 5.74) is 0.568. The Morgan fingerprint density at radius 1 is 1.17 bits per heavy atom. The van der Waals surface area contributed by atoms with Gasteiger partial charge in [-0.05, 0) is 32.0 Å². The van der Waals surface area contributed by atoms with Gasteiger partial charge in [0.2, 0.25) is 10.0 Å². The van der Waals surface area contributed by atoms with Crippen LogP contribution in [0.25, 0.3) is 0 Å². The summed E-state index contributed by atoms with van der Waals surface area (Å²) in [6.45, 7) is 3.96. The molecule has 0 aromatic heterocycles. The van der Waals surface area contributed by atoms with Gasteiger partial charge in [-0.25, -0.2) is 13.1 Å². The maximum atomic E-state index is 12.1. The topological polar surface area (TPSA) is 63.2 Å². The molecule has 0 aliphatic rings. The zero-order valence-electron chi connectivity index (χ0n) is 10.9. The van der Waals surface area contributed by atoms with E-state index in [0.717, 1.165) is 12.8 Å². The summed E-state index contributed by atoms with van der Waals surface area (Å²) in [5, 5.41) is 0. The zero-order chi connectivity index (χ0) is 13.8. The average Bonchev–Trinajstić information content (AvgIpc) is 2.40. The summed E-state index contributed by atoms with van der Waals surface area (Å²) >= 11 is 0. The number of sulfonamides is 1. The molecule has 0 bridgehead atoms. The molecule has 0 unspecified atom stereocenters. The standard InChI is InChI=1S/C13H19NO3S/c1-4-10(5-2)13(15)11-6-8-12(9-7-11)18(16,17)14-3/h6-10,14H,4-5H2,1-3H3. The molecule has 1 N–H and O–H groups in total.